The summed E-state index contributed by atoms with van der Waals surface area (Å²) in [7, 11) is 0. The van der Waals surface area contributed by atoms with Crippen molar-refractivity contribution < 1.29 is 14.6 Å². The summed E-state index contributed by atoms with van der Waals surface area (Å²) >= 11 is 1.75. The molecule has 0 unspecified atom stereocenters. The predicted octanol–water partition coefficient (Wildman–Crippen LogP) is 2.34. The normalized spacial score (nSPS) is 12.1. The second-order valence-electron chi connectivity index (χ2n) is 3.80. The SMILES string of the molecule is CC(=O)OC[C@@H](CO)CCSc1ccccc1. The molecule has 1 aromatic rings. The molecule has 1 aromatic carbocycles. The summed E-state index contributed by atoms with van der Waals surface area (Å²) in [4.78, 5) is 11.9. The van der Waals surface area contributed by atoms with Crippen molar-refractivity contribution in [2.75, 3.05) is 19.0 Å². The molecule has 0 heterocycles. The third kappa shape index (κ3) is 6.34. The molecule has 3 nitrogen and oxygen atoms in total. The summed E-state index contributed by atoms with van der Waals surface area (Å²) in [5.41, 5.74) is 0. The number of hydrogen-bond acceptors (Lipinski definition) is 4. The van der Waals surface area contributed by atoms with Gasteiger partial charge in [-0.1, -0.05) is 18.2 Å². The van der Waals surface area contributed by atoms with Crippen LogP contribution in [-0.4, -0.2) is 30.0 Å². The van der Waals surface area contributed by atoms with Crippen LogP contribution in [0.5, 0.6) is 0 Å². The van der Waals surface area contributed by atoms with Crippen LogP contribution in [-0.2, 0) is 9.53 Å². The second-order valence-corrected chi connectivity index (χ2v) is 4.97. The number of thioether (sulfide) groups is 1. The van der Waals surface area contributed by atoms with E-state index in [2.05, 4.69) is 12.1 Å². The number of ether oxygens (including phenoxy) is 1. The van der Waals surface area contributed by atoms with Gasteiger partial charge in [-0.3, -0.25) is 4.79 Å². The van der Waals surface area contributed by atoms with E-state index < -0.39 is 0 Å². The van der Waals surface area contributed by atoms with Crippen LogP contribution >= 0.6 is 11.8 Å². The van der Waals surface area contributed by atoms with E-state index in [9.17, 15) is 4.79 Å². The third-order valence-corrected chi connectivity index (χ3v) is 3.36. The van der Waals surface area contributed by atoms with E-state index in [1.165, 1.54) is 11.8 Å². The van der Waals surface area contributed by atoms with Crippen LogP contribution < -0.4 is 0 Å². The van der Waals surface area contributed by atoms with Crippen LogP contribution in [0.3, 0.4) is 0 Å². The maximum Gasteiger partial charge on any atom is 0.302 e. The number of aliphatic hydroxyl groups excluding tert-OH is 1. The van der Waals surface area contributed by atoms with E-state index in [4.69, 9.17) is 9.84 Å². The highest BCUT2D eigenvalue weighted by molar-refractivity contribution is 7.99. The molecule has 0 saturated carbocycles. The minimum absolute atomic E-state index is 0.0371. The van der Waals surface area contributed by atoms with Gasteiger partial charge in [-0.2, -0.15) is 0 Å². The van der Waals surface area contributed by atoms with E-state index >= 15 is 0 Å². The number of carbonyl (C=O) groups excluding carboxylic acids is 1. The van der Waals surface area contributed by atoms with Crippen LogP contribution in [0.1, 0.15) is 13.3 Å². The lowest BCUT2D eigenvalue weighted by molar-refractivity contribution is -0.142. The smallest absolute Gasteiger partial charge is 0.302 e. The molecule has 0 fully saturated rings. The molecule has 0 amide bonds. The molecule has 1 rings (SSSR count). The Hall–Kier alpha value is -1.00. The molecular formula is C13H18O3S. The number of rotatable bonds is 7. The molecule has 0 aliphatic heterocycles. The maximum absolute atomic E-state index is 10.7. The first-order chi connectivity index (χ1) is 8.22. The van der Waals surface area contributed by atoms with Gasteiger partial charge in [0.05, 0.1) is 6.61 Å². The first kappa shape index (κ1) is 14.1. The lowest BCUT2D eigenvalue weighted by Crippen LogP contribution is -2.16. The van der Waals surface area contributed by atoms with Crippen molar-refractivity contribution in [3.63, 3.8) is 0 Å². The summed E-state index contributed by atoms with van der Waals surface area (Å²) < 4.78 is 4.89. The minimum Gasteiger partial charge on any atom is -0.465 e. The molecule has 4 heteroatoms. The fourth-order valence-electron chi connectivity index (χ4n) is 1.32. The Labute approximate surface area is 106 Å². The second kappa shape index (κ2) is 8.14. The molecule has 0 aliphatic rings. The number of esters is 1. The molecule has 1 atom stereocenters. The van der Waals surface area contributed by atoms with Gasteiger partial charge in [-0.15, -0.1) is 11.8 Å². The molecule has 0 saturated heterocycles. The van der Waals surface area contributed by atoms with E-state index in [0.29, 0.717) is 6.61 Å². The Morgan fingerprint density at radius 3 is 2.71 bits per heavy atom. The van der Waals surface area contributed by atoms with E-state index in [1.54, 1.807) is 11.8 Å². The summed E-state index contributed by atoms with van der Waals surface area (Å²) in [6.45, 7) is 1.75. The summed E-state index contributed by atoms with van der Waals surface area (Å²) in [5.74, 6) is 0.658. The highest BCUT2D eigenvalue weighted by Gasteiger charge is 2.09. The summed E-state index contributed by atoms with van der Waals surface area (Å²) in [6, 6.07) is 10.1. The number of hydrogen-bond donors (Lipinski definition) is 1. The molecule has 0 aliphatic carbocycles. The number of aliphatic hydroxyl groups is 1. The van der Waals surface area contributed by atoms with Crippen LogP contribution in [0.15, 0.2) is 35.2 Å². The Kier molecular flexibility index (Phi) is 6.74. The standard InChI is InChI=1S/C13H18O3S/c1-11(15)16-10-12(9-14)7-8-17-13-5-3-2-4-6-13/h2-6,12,14H,7-10H2,1H3/t12-/m1/s1. The van der Waals surface area contributed by atoms with Gasteiger partial charge in [0.1, 0.15) is 0 Å². The van der Waals surface area contributed by atoms with Crippen molar-refractivity contribution in [2.45, 2.75) is 18.2 Å². The lowest BCUT2D eigenvalue weighted by Gasteiger charge is -2.13. The van der Waals surface area contributed by atoms with Crippen molar-refractivity contribution in [3.8, 4) is 0 Å². The van der Waals surface area contributed by atoms with Crippen molar-refractivity contribution in [1.29, 1.82) is 0 Å². The Morgan fingerprint density at radius 2 is 2.12 bits per heavy atom. The fourth-order valence-corrected chi connectivity index (χ4v) is 2.36. The topological polar surface area (TPSA) is 46.5 Å². The van der Waals surface area contributed by atoms with E-state index in [0.717, 1.165) is 12.2 Å². The van der Waals surface area contributed by atoms with Crippen molar-refractivity contribution >= 4 is 17.7 Å². The number of carbonyl (C=O) groups is 1. The lowest BCUT2D eigenvalue weighted by atomic mass is 10.1. The average molecular weight is 254 g/mol. The van der Waals surface area contributed by atoms with Crippen LogP contribution in [0.25, 0.3) is 0 Å². The van der Waals surface area contributed by atoms with Gasteiger partial charge >= 0.3 is 5.97 Å². The third-order valence-electron chi connectivity index (χ3n) is 2.32. The molecule has 0 spiro atoms. The molecule has 17 heavy (non-hydrogen) atoms. The summed E-state index contributed by atoms with van der Waals surface area (Å²) in [6.07, 6.45) is 0.837. The molecular weight excluding hydrogens is 236 g/mol. The summed E-state index contributed by atoms with van der Waals surface area (Å²) in [5, 5.41) is 9.14. The van der Waals surface area contributed by atoms with Gasteiger partial charge in [-0.25, -0.2) is 0 Å². The van der Waals surface area contributed by atoms with E-state index in [-0.39, 0.29) is 18.5 Å². The monoisotopic (exact) mass is 254 g/mol. The zero-order valence-corrected chi connectivity index (χ0v) is 10.8. The van der Waals surface area contributed by atoms with Crippen LogP contribution in [0.4, 0.5) is 0 Å². The van der Waals surface area contributed by atoms with Gasteiger partial charge in [0, 0.05) is 24.3 Å². The molecule has 1 N–H and O–H groups in total. The molecule has 0 bridgehead atoms. The quantitative estimate of drug-likeness (QED) is 0.599. The predicted molar refractivity (Wildman–Crippen MR) is 69.0 cm³/mol. The van der Waals surface area contributed by atoms with Crippen molar-refractivity contribution in [1.82, 2.24) is 0 Å². The highest BCUT2D eigenvalue weighted by atomic mass is 32.2. The van der Waals surface area contributed by atoms with Gasteiger partial charge in [0.25, 0.3) is 0 Å². The Morgan fingerprint density at radius 1 is 1.41 bits per heavy atom. The van der Waals surface area contributed by atoms with Crippen molar-refractivity contribution in [2.24, 2.45) is 5.92 Å². The highest BCUT2D eigenvalue weighted by Crippen LogP contribution is 2.19. The average Bonchev–Trinajstić information content (AvgIpc) is 2.34. The maximum atomic E-state index is 10.7. The number of benzene rings is 1. The molecule has 94 valence electrons. The van der Waals surface area contributed by atoms with Gasteiger partial charge in [-0.05, 0) is 24.3 Å². The molecule has 0 aromatic heterocycles. The van der Waals surface area contributed by atoms with Gasteiger partial charge in [0.15, 0.2) is 0 Å². The zero-order chi connectivity index (χ0) is 12.5. The first-order valence-electron chi connectivity index (χ1n) is 5.64. The zero-order valence-electron chi connectivity index (χ0n) is 9.96. The minimum atomic E-state index is -0.292. The largest absolute Gasteiger partial charge is 0.465 e. The Balaban J connectivity index is 2.21. The molecule has 0 radical (unpaired) electrons. The van der Waals surface area contributed by atoms with Crippen LogP contribution in [0.2, 0.25) is 0 Å². The van der Waals surface area contributed by atoms with Gasteiger partial charge in [0.2, 0.25) is 0 Å². The first-order valence-corrected chi connectivity index (χ1v) is 6.63. The van der Waals surface area contributed by atoms with Crippen LogP contribution in [0, 0.1) is 5.92 Å². The van der Waals surface area contributed by atoms with Gasteiger partial charge < -0.3 is 9.84 Å². The Bertz CT molecular complexity index is 327. The fraction of sp³-hybridized carbons (Fsp3) is 0.462. The van der Waals surface area contributed by atoms with E-state index in [1.807, 2.05) is 18.2 Å². The van der Waals surface area contributed by atoms with Crippen molar-refractivity contribution in [3.05, 3.63) is 30.3 Å².